The molecular weight excluding hydrogens is 366 g/mol. The molecule has 2 aromatic heterocycles. The van der Waals surface area contributed by atoms with Crippen LogP contribution in [-0.4, -0.2) is 50.1 Å². The third-order valence-corrected chi connectivity index (χ3v) is 5.06. The monoisotopic (exact) mass is 387 g/mol. The minimum Gasteiger partial charge on any atom is -0.382 e. The lowest BCUT2D eigenvalue weighted by Gasteiger charge is -2.13. The van der Waals surface area contributed by atoms with Gasteiger partial charge in [0, 0.05) is 31.1 Å². The van der Waals surface area contributed by atoms with Gasteiger partial charge in [-0.2, -0.15) is 0 Å². The van der Waals surface area contributed by atoms with Gasteiger partial charge in [0.05, 0.1) is 11.2 Å². The molecule has 1 atom stereocenters. The first kappa shape index (κ1) is 18.8. The molecule has 0 spiro atoms. The van der Waals surface area contributed by atoms with E-state index in [1.165, 1.54) is 4.90 Å². The van der Waals surface area contributed by atoms with E-state index in [4.69, 9.17) is 10.7 Å². The second-order valence-corrected chi connectivity index (χ2v) is 7.35. The highest BCUT2D eigenvalue weighted by Crippen LogP contribution is 2.27. The van der Waals surface area contributed by atoms with Gasteiger partial charge in [-0.25, -0.2) is 15.0 Å². The average Bonchev–Trinajstić information content (AvgIpc) is 2.94. The highest BCUT2D eigenvalue weighted by Gasteiger charge is 2.42. The van der Waals surface area contributed by atoms with Gasteiger partial charge >= 0.3 is 0 Å². The summed E-state index contributed by atoms with van der Waals surface area (Å²) in [6, 6.07) is 9.45. The van der Waals surface area contributed by atoms with Gasteiger partial charge in [0.15, 0.2) is 5.82 Å². The molecule has 3 aromatic rings. The fourth-order valence-corrected chi connectivity index (χ4v) is 3.48. The van der Waals surface area contributed by atoms with Gasteiger partial charge in [-0.15, -0.1) is 0 Å². The van der Waals surface area contributed by atoms with Crippen molar-refractivity contribution >= 4 is 22.8 Å². The van der Waals surface area contributed by atoms with Gasteiger partial charge < -0.3 is 15.7 Å². The van der Waals surface area contributed by atoms with Crippen LogP contribution in [-0.2, 0) is 4.79 Å². The molecule has 146 valence electrons. The third kappa shape index (κ3) is 3.39. The molecule has 1 aromatic carbocycles. The van der Waals surface area contributed by atoms with Crippen LogP contribution >= 0.6 is 0 Å². The second-order valence-electron chi connectivity index (χ2n) is 7.35. The van der Waals surface area contributed by atoms with Crippen LogP contribution < -0.4 is 5.73 Å². The summed E-state index contributed by atoms with van der Waals surface area (Å²) >= 11 is 0. The van der Waals surface area contributed by atoms with E-state index in [1.807, 2.05) is 37.3 Å². The van der Waals surface area contributed by atoms with Crippen molar-refractivity contribution in [1.82, 2.24) is 19.9 Å². The zero-order valence-electron chi connectivity index (χ0n) is 16.5. The SMILES string of the molecule is Cc1nc(N)c2nc(-c3cccc(C#CC4(O)CCN(C)C4=O)c3)c(C)cc2n1. The molecular formula is C22H21N5O2. The van der Waals surface area contributed by atoms with Crippen molar-refractivity contribution in [2.45, 2.75) is 25.9 Å². The first-order valence-corrected chi connectivity index (χ1v) is 9.30. The lowest BCUT2D eigenvalue weighted by molar-refractivity contribution is -0.137. The lowest BCUT2D eigenvalue weighted by Crippen LogP contribution is -2.37. The summed E-state index contributed by atoms with van der Waals surface area (Å²) < 4.78 is 0. The first-order valence-electron chi connectivity index (χ1n) is 9.30. The maximum absolute atomic E-state index is 12.1. The van der Waals surface area contributed by atoms with Crippen molar-refractivity contribution in [2.24, 2.45) is 0 Å². The van der Waals surface area contributed by atoms with Crippen LogP contribution in [0.15, 0.2) is 30.3 Å². The molecule has 0 bridgehead atoms. The number of benzene rings is 1. The van der Waals surface area contributed by atoms with Crippen LogP contribution in [0.5, 0.6) is 0 Å². The minimum atomic E-state index is -1.62. The number of nitrogens with zero attached hydrogens (tertiary/aromatic N) is 4. The molecule has 0 aliphatic carbocycles. The summed E-state index contributed by atoms with van der Waals surface area (Å²) in [7, 11) is 1.66. The van der Waals surface area contributed by atoms with E-state index in [0.717, 1.165) is 16.8 Å². The maximum Gasteiger partial charge on any atom is 0.267 e. The Labute approximate surface area is 168 Å². The summed E-state index contributed by atoms with van der Waals surface area (Å²) in [5, 5.41) is 10.5. The molecule has 1 aliphatic heterocycles. The van der Waals surface area contributed by atoms with Crippen molar-refractivity contribution in [3.8, 4) is 23.1 Å². The van der Waals surface area contributed by atoms with Gasteiger partial charge in [0.2, 0.25) is 5.60 Å². The minimum absolute atomic E-state index is 0.305. The summed E-state index contributed by atoms with van der Waals surface area (Å²) in [5.74, 6) is 6.27. The predicted molar refractivity (Wildman–Crippen MR) is 111 cm³/mol. The van der Waals surface area contributed by atoms with Gasteiger partial charge in [-0.05, 0) is 37.6 Å². The van der Waals surface area contributed by atoms with Gasteiger partial charge in [-0.3, -0.25) is 4.79 Å². The van der Waals surface area contributed by atoms with Crippen molar-refractivity contribution in [1.29, 1.82) is 0 Å². The Bertz CT molecular complexity index is 1210. The molecule has 1 unspecified atom stereocenters. The molecule has 0 saturated carbocycles. The van der Waals surface area contributed by atoms with Crippen molar-refractivity contribution in [3.63, 3.8) is 0 Å². The number of likely N-dealkylation sites (tertiary alicyclic amines) is 1. The van der Waals surface area contributed by atoms with Crippen LogP contribution in [0.3, 0.4) is 0 Å². The number of nitrogens with two attached hydrogens (primary N) is 1. The number of hydrogen-bond donors (Lipinski definition) is 2. The highest BCUT2D eigenvalue weighted by atomic mass is 16.3. The number of fused-ring (bicyclic) bond motifs is 1. The third-order valence-electron chi connectivity index (χ3n) is 5.06. The molecule has 1 saturated heterocycles. The van der Waals surface area contributed by atoms with E-state index < -0.39 is 5.60 Å². The topological polar surface area (TPSA) is 105 Å². The number of carbonyl (C=O) groups excluding carboxylic acids is 1. The standard InChI is InChI=1S/C22H21N5O2/c1-13-11-17-19(20(23)25-14(2)24-17)26-18(13)16-6-4-5-15(12-16)7-8-22(29)9-10-27(3)21(22)28/h4-6,11-12,29H,9-10H2,1-3H3,(H2,23,24,25). The van der Waals surface area contributed by atoms with Crippen molar-refractivity contribution < 1.29 is 9.90 Å². The van der Waals surface area contributed by atoms with E-state index in [0.29, 0.717) is 41.2 Å². The molecule has 29 heavy (non-hydrogen) atoms. The largest absolute Gasteiger partial charge is 0.382 e. The first-order chi connectivity index (χ1) is 13.8. The summed E-state index contributed by atoms with van der Waals surface area (Å²) in [5.41, 5.74) is 8.94. The van der Waals surface area contributed by atoms with Crippen LogP contribution in [0.4, 0.5) is 5.82 Å². The number of pyridine rings is 1. The Morgan fingerprint density at radius 2 is 2.00 bits per heavy atom. The van der Waals surface area contributed by atoms with E-state index >= 15 is 0 Å². The van der Waals surface area contributed by atoms with E-state index in [9.17, 15) is 9.90 Å². The summed E-state index contributed by atoms with van der Waals surface area (Å²) in [4.78, 5) is 26.9. The highest BCUT2D eigenvalue weighted by molar-refractivity contribution is 5.90. The molecule has 7 nitrogen and oxygen atoms in total. The Morgan fingerprint density at radius 3 is 2.72 bits per heavy atom. The number of carbonyl (C=O) groups is 1. The van der Waals surface area contributed by atoms with Gasteiger partial charge in [0.25, 0.3) is 5.91 Å². The molecule has 3 heterocycles. The van der Waals surface area contributed by atoms with Gasteiger partial charge in [-0.1, -0.05) is 24.0 Å². The van der Waals surface area contributed by atoms with Gasteiger partial charge in [0.1, 0.15) is 11.3 Å². The Kier molecular flexibility index (Phi) is 4.44. The molecule has 4 rings (SSSR count). The quantitative estimate of drug-likeness (QED) is 0.617. The van der Waals surface area contributed by atoms with Crippen molar-refractivity contribution in [3.05, 3.63) is 47.3 Å². The summed E-state index contributed by atoms with van der Waals surface area (Å²) in [6.45, 7) is 4.25. The number of rotatable bonds is 1. The number of anilines is 1. The Hall–Kier alpha value is -3.50. The zero-order chi connectivity index (χ0) is 20.8. The number of amides is 1. The maximum atomic E-state index is 12.1. The van der Waals surface area contributed by atoms with Crippen LogP contribution in [0.2, 0.25) is 0 Å². The number of nitrogen functional groups attached to an aromatic ring is 1. The average molecular weight is 387 g/mol. The van der Waals surface area contributed by atoms with Crippen LogP contribution in [0.25, 0.3) is 22.3 Å². The van der Waals surface area contributed by atoms with Crippen LogP contribution in [0, 0.1) is 25.7 Å². The lowest BCUT2D eigenvalue weighted by atomic mass is 10.0. The molecule has 3 N–H and O–H groups in total. The molecule has 1 aliphatic rings. The normalized spacial score (nSPS) is 18.8. The zero-order valence-corrected chi connectivity index (χ0v) is 16.5. The second kappa shape index (κ2) is 6.83. The number of hydrogen-bond acceptors (Lipinski definition) is 6. The number of aromatic nitrogens is 3. The van der Waals surface area contributed by atoms with Crippen molar-refractivity contribution in [2.75, 3.05) is 19.3 Å². The smallest absolute Gasteiger partial charge is 0.267 e. The molecule has 1 amide bonds. The van der Waals surface area contributed by atoms with Crippen LogP contribution in [0.1, 0.15) is 23.4 Å². The fourth-order valence-electron chi connectivity index (χ4n) is 3.48. The van der Waals surface area contributed by atoms with E-state index in [-0.39, 0.29) is 5.91 Å². The number of aliphatic hydroxyl groups is 1. The number of aryl methyl sites for hydroxylation is 2. The Balaban J connectivity index is 1.74. The number of likely N-dealkylation sites (N-methyl/N-ethyl adjacent to an activating group) is 1. The summed E-state index contributed by atoms with van der Waals surface area (Å²) in [6.07, 6.45) is 0.305. The van der Waals surface area contributed by atoms with E-state index in [2.05, 4.69) is 21.8 Å². The molecule has 0 radical (unpaired) electrons. The molecule has 7 heteroatoms. The Morgan fingerprint density at radius 1 is 1.21 bits per heavy atom. The fraction of sp³-hybridized carbons (Fsp3) is 0.273. The predicted octanol–water partition coefficient (Wildman–Crippen LogP) is 1.84. The molecule has 1 fully saturated rings. The van der Waals surface area contributed by atoms with E-state index in [1.54, 1.807) is 14.0 Å².